The fraction of sp³-hybridized carbons (Fsp3) is 0.179. The van der Waals surface area contributed by atoms with Gasteiger partial charge in [-0.3, -0.25) is 9.59 Å². The zero-order valence-electron chi connectivity index (χ0n) is 19.1. The van der Waals surface area contributed by atoms with Gasteiger partial charge in [-0.2, -0.15) is 0 Å². The van der Waals surface area contributed by atoms with E-state index in [-0.39, 0.29) is 17.0 Å². The fourth-order valence-corrected chi connectivity index (χ4v) is 4.05. The molecule has 0 spiro atoms. The number of halogens is 1. The molecule has 3 aromatic carbocycles. The Morgan fingerprint density at radius 1 is 0.941 bits per heavy atom. The van der Waals surface area contributed by atoms with Gasteiger partial charge in [0.1, 0.15) is 16.8 Å². The Morgan fingerprint density at radius 2 is 1.56 bits per heavy atom. The van der Waals surface area contributed by atoms with Gasteiger partial charge in [0.15, 0.2) is 5.78 Å². The number of ketones is 1. The molecule has 2 amide bonds. The highest BCUT2D eigenvalue weighted by Gasteiger charge is 2.53. The Hall–Kier alpha value is -4.06. The van der Waals surface area contributed by atoms with Crippen LogP contribution in [0, 0.1) is 5.82 Å². The van der Waals surface area contributed by atoms with E-state index in [0.717, 1.165) is 4.90 Å². The molecule has 0 fully saturated rings. The number of imide groups is 1. The number of rotatable bonds is 4. The smallest absolute Gasteiger partial charge is 0.421 e. The minimum absolute atomic E-state index is 0.210. The van der Waals surface area contributed by atoms with Crippen LogP contribution in [0.15, 0.2) is 91.0 Å². The maximum absolute atomic E-state index is 14.5. The summed E-state index contributed by atoms with van der Waals surface area (Å²) in [6.45, 7) is 5.08. The number of allylic oxidation sites excluding steroid dienone is 1. The number of anilines is 1. The van der Waals surface area contributed by atoms with Gasteiger partial charge in [0, 0.05) is 11.1 Å². The van der Waals surface area contributed by atoms with E-state index in [9.17, 15) is 18.8 Å². The molecule has 6 heteroatoms. The van der Waals surface area contributed by atoms with Crippen LogP contribution in [0.25, 0.3) is 0 Å². The third-order valence-corrected chi connectivity index (χ3v) is 5.51. The molecule has 0 saturated carbocycles. The Morgan fingerprint density at radius 3 is 2.18 bits per heavy atom. The van der Waals surface area contributed by atoms with Crippen LogP contribution in [0.3, 0.4) is 0 Å². The molecular weight excluding hydrogens is 433 g/mol. The standard InChI is InChI=1S/C28H24FNO4/c1-27(2,3)34-26(33)30-23-15-14-21(29)18-22(23)28(25(30)32,20-12-8-5-9-13-20)17-16-24(31)19-10-6-4-7-11-19/h4-18H,1-3H3/b17-16-/t28-/m0/s1. The Bertz CT molecular complexity index is 1280. The van der Waals surface area contributed by atoms with E-state index >= 15 is 0 Å². The molecule has 0 radical (unpaired) electrons. The van der Waals surface area contributed by atoms with E-state index < -0.39 is 28.8 Å². The highest BCUT2D eigenvalue weighted by Crippen LogP contribution is 2.48. The summed E-state index contributed by atoms with van der Waals surface area (Å²) >= 11 is 0. The number of carbonyl (C=O) groups excluding carboxylic acids is 3. The average Bonchev–Trinajstić information content (AvgIpc) is 3.05. The van der Waals surface area contributed by atoms with E-state index in [1.807, 2.05) is 0 Å². The van der Waals surface area contributed by atoms with Crippen LogP contribution >= 0.6 is 0 Å². The second-order valence-corrected chi connectivity index (χ2v) is 9.02. The Labute approximate surface area is 197 Å². The first-order valence-corrected chi connectivity index (χ1v) is 10.9. The van der Waals surface area contributed by atoms with Crippen molar-refractivity contribution >= 4 is 23.5 Å². The summed E-state index contributed by atoms with van der Waals surface area (Å²) in [5.41, 5.74) is -1.05. The number of hydrogen-bond donors (Lipinski definition) is 0. The molecule has 3 aromatic rings. The van der Waals surface area contributed by atoms with Gasteiger partial charge in [-0.1, -0.05) is 66.7 Å². The maximum atomic E-state index is 14.5. The first-order chi connectivity index (χ1) is 16.1. The molecule has 1 aliphatic rings. The monoisotopic (exact) mass is 457 g/mol. The molecule has 0 aromatic heterocycles. The van der Waals surface area contributed by atoms with Crippen LogP contribution in [0.2, 0.25) is 0 Å². The van der Waals surface area contributed by atoms with Gasteiger partial charge in [-0.05, 0) is 50.6 Å². The minimum Gasteiger partial charge on any atom is -0.443 e. The molecule has 1 heterocycles. The molecule has 4 rings (SSSR count). The summed E-state index contributed by atoms with van der Waals surface area (Å²) in [4.78, 5) is 40.9. The molecule has 1 atom stereocenters. The SMILES string of the molecule is CC(C)(C)OC(=O)N1C(=O)[C@@](/C=C\C(=O)c2ccccc2)(c2ccccc2)c2cc(F)ccc21. The minimum atomic E-state index is -1.60. The zero-order chi connectivity index (χ0) is 24.5. The van der Waals surface area contributed by atoms with E-state index in [4.69, 9.17) is 4.74 Å². The number of fused-ring (bicyclic) bond motifs is 1. The first-order valence-electron chi connectivity index (χ1n) is 10.9. The van der Waals surface area contributed by atoms with Crippen LogP contribution in [-0.2, 0) is 14.9 Å². The molecule has 5 nitrogen and oxygen atoms in total. The third-order valence-electron chi connectivity index (χ3n) is 5.51. The van der Waals surface area contributed by atoms with Crippen molar-refractivity contribution in [3.8, 4) is 0 Å². The van der Waals surface area contributed by atoms with Crippen molar-refractivity contribution in [3.05, 3.63) is 114 Å². The number of ether oxygens (including phenoxy) is 1. The van der Waals surface area contributed by atoms with Crippen molar-refractivity contribution in [1.82, 2.24) is 0 Å². The largest absolute Gasteiger partial charge is 0.443 e. The maximum Gasteiger partial charge on any atom is 0.421 e. The zero-order valence-corrected chi connectivity index (χ0v) is 19.1. The van der Waals surface area contributed by atoms with Gasteiger partial charge in [0.2, 0.25) is 0 Å². The quantitative estimate of drug-likeness (QED) is 0.365. The van der Waals surface area contributed by atoms with Gasteiger partial charge in [0.25, 0.3) is 5.91 Å². The number of carbonyl (C=O) groups is 3. The first kappa shape index (κ1) is 23.1. The van der Waals surface area contributed by atoms with Crippen LogP contribution in [0.1, 0.15) is 42.3 Å². The normalized spacial score (nSPS) is 17.6. The molecule has 0 aliphatic carbocycles. The van der Waals surface area contributed by atoms with Crippen LogP contribution in [-0.4, -0.2) is 23.4 Å². The topological polar surface area (TPSA) is 63.7 Å². The van der Waals surface area contributed by atoms with E-state index in [0.29, 0.717) is 11.1 Å². The fourth-order valence-electron chi connectivity index (χ4n) is 4.05. The molecule has 0 unspecified atom stereocenters. The highest BCUT2D eigenvalue weighted by atomic mass is 19.1. The summed E-state index contributed by atoms with van der Waals surface area (Å²) in [5, 5.41) is 0. The third kappa shape index (κ3) is 4.15. The lowest BCUT2D eigenvalue weighted by molar-refractivity contribution is -0.120. The molecular formula is C28H24FNO4. The van der Waals surface area contributed by atoms with Crippen molar-refractivity contribution < 1.29 is 23.5 Å². The van der Waals surface area contributed by atoms with Crippen molar-refractivity contribution in [2.45, 2.75) is 31.8 Å². The summed E-state index contributed by atoms with van der Waals surface area (Å²) < 4.78 is 20.0. The molecule has 0 bridgehead atoms. The lowest BCUT2D eigenvalue weighted by Crippen LogP contribution is -2.45. The van der Waals surface area contributed by atoms with E-state index in [2.05, 4.69) is 0 Å². The second-order valence-electron chi connectivity index (χ2n) is 9.02. The molecule has 34 heavy (non-hydrogen) atoms. The molecule has 0 saturated heterocycles. The van der Waals surface area contributed by atoms with Crippen LogP contribution in [0.5, 0.6) is 0 Å². The van der Waals surface area contributed by atoms with Crippen molar-refractivity contribution in [1.29, 1.82) is 0 Å². The van der Waals surface area contributed by atoms with Gasteiger partial charge in [-0.25, -0.2) is 14.1 Å². The second kappa shape index (κ2) is 8.71. The predicted molar refractivity (Wildman–Crippen MR) is 127 cm³/mol. The van der Waals surface area contributed by atoms with Gasteiger partial charge >= 0.3 is 6.09 Å². The van der Waals surface area contributed by atoms with Crippen molar-refractivity contribution in [2.75, 3.05) is 4.90 Å². The molecule has 1 aliphatic heterocycles. The lowest BCUT2D eigenvalue weighted by atomic mass is 9.74. The van der Waals surface area contributed by atoms with Crippen molar-refractivity contribution in [2.24, 2.45) is 0 Å². The number of amides is 2. The van der Waals surface area contributed by atoms with Crippen molar-refractivity contribution in [3.63, 3.8) is 0 Å². The summed E-state index contributed by atoms with van der Waals surface area (Å²) in [6.07, 6.45) is 1.88. The summed E-state index contributed by atoms with van der Waals surface area (Å²) in [5.74, 6) is -1.54. The lowest BCUT2D eigenvalue weighted by Gasteiger charge is -2.27. The van der Waals surface area contributed by atoms with Gasteiger partial charge < -0.3 is 4.74 Å². The molecule has 172 valence electrons. The van der Waals surface area contributed by atoms with E-state index in [1.165, 1.54) is 30.4 Å². The number of nitrogens with zero attached hydrogens (tertiary/aromatic N) is 1. The number of benzene rings is 3. The Balaban J connectivity index is 1.92. The van der Waals surface area contributed by atoms with Gasteiger partial charge in [-0.15, -0.1) is 0 Å². The Kier molecular flexibility index (Phi) is 5.92. The summed E-state index contributed by atoms with van der Waals surface area (Å²) in [7, 11) is 0. The van der Waals surface area contributed by atoms with Crippen LogP contribution < -0.4 is 4.90 Å². The average molecular weight is 458 g/mol. The van der Waals surface area contributed by atoms with Gasteiger partial charge in [0.05, 0.1) is 5.69 Å². The molecule has 0 N–H and O–H groups in total. The predicted octanol–water partition coefficient (Wildman–Crippen LogP) is 5.83. The van der Waals surface area contributed by atoms with E-state index in [1.54, 1.807) is 81.4 Å². The summed E-state index contributed by atoms with van der Waals surface area (Å²) in [6, 6.07) is 21.1. The highest BCUT2D eigenvalue weighted by molar-refractivity contribution is 6.23. The number of hydrogen-bond acceptors (Lipinski definition) is 4. The van der Waals surface area contributed by atoms with Crippen LogP contribution in [0.4, 0.5) is 14.9 Å².